The quantitative estimate of drug-likeness (QED) is 0.584. The van der Waals surface area contributed by atoms with Crippen LogP contribution in [-0.2, 0) is 6.61 Å². The van der Waals surface area contributed by atoms with Crippen LogP contribution in [0.15, 0.2) is 48.5 Å². The van der Waals surface area contributed by atoms with Gasteiger partial charge in [-0.15, -0.1) is 0 Å². The fourth-order valence-corrected chi connectivity index (χ4v) is 2.35. The molecular weight excluding hydrogens is 212 g/mol. The Morgan fingerprint density at radius 3 is 2.82 bits per heavy atom. The van der Waals surface area contributed by atoms with Crippen LogP contribution in [0.1, 0.15) is 5.82 Å². The van der Waals surface area contributed by atoms with Crippen molar-refractivity contribution in [1.82, 2.24) is 9.55 Å². The number of imidazole rings is 1. The van der Waals surface area contributed by atoms with E-state index in [1.165, 1.54) is 0 Å². The van der Waals surface area contributed by atoms with Crippen molar-refractivity contribution in [3.05, 3.63) is 54.4 Å². The lowest BCUT2D eigenvalue weighted by Crippen LogP contribution is -2.12. The van der Waals surface area contributed by atoms with E-state index >= 15 is 0 Å². The molecule has 0 saturated carbocycles. The Kier molecular flexibility index (Phi) is 1.61. The first-order chi connectivity index (χ1) is 8.43. The van der Waals surface area contributed by atoms with Crippen LogP contribution in [0.5, 0.6) is 5.75 Å². The van der Waals surface area contributed by atoms with E-state index in [4.69, 9.17) is 4.74 Å². The predicted molar refractivity (Wildman–Crippen MR) is 65.4 cm³/mol. The molecule has 0 radical (unpaired) electrons. The van der Waals surface area contributed by atoms with Gasteiger partial charge >= 0.3 is 0 Å². The molecule has 82 valence electrons. The first-order valence-electron chi connectivity index (χ1n) is 5.62. The van der Waals surface area contributed by atoms with Crippen LogP contribution in [0.3, 0.4) is 0 Å². The number of para-hydroxylation sites is 4. The van der Waals surface area contributed by atoms with Gasteiger partial charge in [-0.1, -0.05) is 24.3 Å². The summed E-state index contributed by atoms with van der Waals surface area (Å²) in [6.07, 6.45) is 0. The minimum atomic E-state index is 0.533. The summed E-state index contributed by atoms with van der Waals surface area (Å²) < 4.78 is 7.87. The van der Waals surface area contributed by atoms with Gasteiger partial charge in [-0.3, -0.25) is 4.57 Å². The van der Waals surface area contributed by atoms with E-state index in [0.29, 0.717) is 6.61 Å². The van der Waals surface area contributed by atoms with Gasteiger partial charge < -0.3 is 4.74 Å². The Bertz CT molecular complexity index is 715. The Morgan fingerprint density at radius 1 is 1.00 bits per heavy atom. The lowest BCUT2D eigenvalue weighted by atomic mass is 10.2. The van der Waals surface area contributed by atoms with Crippen LogP contribution in [0.4, 0.5) is 0 Å². The molecule has 0 unspecified atom stereocenters. The van der Waals surface area contributed by atoms with Gasteiger partial charge in [0.15, 0.2) is 5.82 Å². The van der Waals surface area contributed by atoms with Crippen molar-refractivity contribution in [3.63, 3.8) is 0 Å². The standard InChI is InChI=1S/C14H10N2O/c1-2-6-11-10(5-1)15-14-9-17-13-8-4-3-7-12(13)16(11)14/h1-8H,9H2. The maximum absolute atomic E-state index is 5.70. The SMILES string of the molecule is c1ccc2c(c1)OCc1nc3ccccc3n1-2. The highest BCUT2D eigenvalue weighted by molar-refractivity contribution is 5.79. The second kappa shape index (κ2) is 3.10. The third-order valence-corrected chi connectivity index (χ3v) is 3.09. The highest BCUT2D eigenvalue weighted by Crippen LogP contribution is 2.32. The van der Waals surface area contributed by atoms with Gasteiger partial charge in [-0.05, 0) is 24.3 Å². The minimum Gasteiger partial charge on any atom is -0.483 e. The Labute approximate surface area is 98.3 Å². The van der Waals surface area contributed by atoms with Gasteiger partial charge in [-0.25, -0.2) is 4.98 Å². The van der Waals surface area contributed by atoms with E-state index in [2.05, 4.69) is 21.7 Å². The normalized spacial score (nSPS) is 12.9. The van der Waals surface area contributed by atoms with E-state index in [-0.39, 0.29) is 0 Å². The summed E-state index contributed by atoms with van der Waals surface area (Å²) in [5.41, 5.74) is 3.23. The molecule has 0 N–H and O–H groups in total. The molecule has 17 heavy (non-hydrogen) atoms. The zero-order valence-corrected chi connectivity index (χ0v) is 9.13. The monoisotopic (exact) mass is 222 g/mol. The molecule has 0 fully saturated rings. The summed E-state index contributed by atoms with van der Waals surface area (Å²) in [6, 6.07) is 16.2. The lowest BCUT2D eigenvalue weighted by molar-refractivity contribution is 0.280. The smallest absolute Gasteiger partial charge is 0.152 e. The molecule has 0 amide bonds. The van der Waals surface area contributed by atoms with Crippen molar-refractivity contribution < 1.29 is 4.74 Å². The molecule has 3 aromatic rings. The number of fused-ring (bicyclic) bond motifs is 5. The summed E-state index contributed by atoms with van der Waals surface area (Å²) >= 11 is 0. The third kappa shape index (κ3) is 1.13. The van der Waals surface area contributed by atoms with E-state index in [9.17, 15) is 0 Å². The van der Waals surface area contributed by atoms with Crippen LogP contribution in [-0.4, -0.2) is 9.55 Å². The van der Waals surface area contributed by atoms with Crippen molar-refractivity contribution in [2.45, 2.75) is 6.61 Å². The van der Waals surface area contributed by atoms with Gasteiger partial charge in [-0.2, -0.15) is 0 Å². The zero-order chi connectivity index (χ0) is 11.2. The van der Waals surface area contributed by atoms with Crippen molar-refractivity contribution in [2.75, 3.05) is 0 Å². The van der Waals surface area contributed by atoms with E-state index in [0.717, 1.165) is 28.3 Å². The molecule has 1 aliphatic heterocycles. The molecule has 3 nitrogen and oxygen atoms in total. The van der Waals surface area contributed by atoms with Crippen molar-refractivity contribution in [1.29, 1.82) is 0 Å². The Hall–Kier alpha value is -2.29. The van der Waals surface area contributed by atoms with Gasteiger partial charge in [0.1, 0.15) is 12.4 Å². The molecule has 3 heteroatoms. The maximum Gasteiger partial charge on any atom is 0.152 e. The molecule has 0 atom stereocenters. The molecule has 0 saturated heterocycles. The van der Waals surface area contributed by atoms with Crippen LogP contribution in [0, 0.1) is 0 Å². The van der Waals surface area contributed by atoms with Crippen molar-refractivity contribution in [3.8, 4) is 11.4 Å². The van der Waals surface area contributed by atoms with Gasteiger partial charge in [0.2, 0.25) is 0 Å². The Morgan fingerprint density at radius 2 is 1.82 bits per heavy atom. The average molecular weight is 222 g/mol. The lowest BCUT2D eigenvalue weighted by Gasteiger charge is -2.19. The number of hydrogen-bond acceptors (Lipinski definition) is 2. The number of ether oxygens (including phenoxy) is 1. The van der Waals surface area contributed by atoms with Crippen LogP contribution in [0.2, 0.25) is 0 Å². The number of aromatic nitrogens is 2. The summed E-state index contributed by atoms with van der Waals surface area (Å²) in [7, 11) is 0. The second-order valence-electron chi connectivity index (χ2n) is 4.11. The first kappa shape index (κ1) is 8.82. The molecule has 2 heterocycles. The number of rotatable bonds is 0. The van der Waals surface area contributed by atoms with E-state index in [1.807, 2.05) is 36.4 Å². The highest BCUT2D eigenvalue weighted by atomic mass is 16.5. The summed E-state index contributed by atoms with van der Waals surface area (Å²) in [4.78, 5) is 4.59. The van der Waals surface area contributed by atoms with Crippen LogP contribution >= 0.6 is 0 Å². The third-order valence-electron chi connectivity index (χ3n) is 3.09. The van der Waals surface area contributed by atoms with Gasteiger partial charge in [0.25, 0.3) is 0 Å². The second-order valence-corrected chi connectivity index (χ2v) is 4.11. The molecule has 1 aromatic heterocycles. The summed E-state index contributed by atoms with van der Waals surface area (Å²) in [6.45, 7) is 0.533. The maximum atomic E-state index is 5.70. The van der Waals surface area contributed by atoms with Gasteiger partial charge in [0.05, 0.1) is 16.7 Å². The topological polar surface area (TPSA) is 27.1 Å². The Balaban J connectivity index is 2.14. The molecule has 4 rings (SSSR count). The highest BCUT2D eigenvalue weighted by Gasteiger charge is 2.19. The molecule has 2 aromatic carbocycles. The molecule has 1 aliphatic rings. The van der Waals surface area contributed by atoms with Crippen molar-refractivity contribution >= 4 is 11.0 Å². The number of nitrogens with zero attached hydrogens (tertiary/aromatic N) is 2. The number of hydrogen-bond donors (Lipinski definition) is 0. The largest absolute Gasteiger partial charge is 0.483 e. The first-order valence-corrected chi connectivity index (χ1v) is 5.62. The summed E-state index contributed by atoms with van der Waals surface area (Å²) in [5.74, 6) is 1.88. The molecule has 0 aliphatic carbocycles. The van der Waals surface area contributed by atoms with E-state index in [1.54, 1.807) is 0 Å². The average Bonchev–Trinajstić information content (AvgIpc) is 2.77. The zero-order valence-electron chi connectivity index (χ0n) is 9.13. The van der Waals surface area contributed by atoms with Crippen LogP contribution in [0.25, 0.3) is 16.7 Å². The summed E-state index contributed by atoms with van der Waals surface area (Å²) in [5, 5.41) is 0. The molecule has 0 spiro atoms. The predicted octanol–water partition coefficient (Wildman–Crippen LogP) is 2.92. The number of benzene rings is 2. The van der Waals surface area contributed by atoms with Crippen molar-refractivity contribution in [2.24, 2.45) is 0 Å². The molecular formula is C14H10N2O. The van der Waals surface area contributed by atoms with E-state index < -0.39 is 0 Å². The van der Waals surface area contributed by atoms with Crippen LogP contribution < -0.4 is 4.74 Å². The molecule has 0 bridgehead atoms. The minimum absolute atomic E-state index is 0.533. The van der Waals surface area contributed by atoms with Gasteiger partial charge in [0, 0.05) is 0 Å². The fourth-order valence-electron chi connectivity index (χ4n) is 2.35. The fraction of sp³-hybridized carbons (Fsp3) is 0.0714.